The smallest absolute Gasteiger partial charge is 0.333 e. The van der Waals surface area contributed by atoms with Gasteiger partial charge in [-0.25, -0.2) is 4.79 Å². The number of hydrogen-bond donors (Lipinski definition) is 0. The lowest BCUT2D eigenvalue weighted by Gasteiger charge is -2.07. The lowest BCUT2D eigenvalue weighted by Crippen LogP contribution is -2.08. The summed E-state index contributed by atoms with van der Waals surface area (Å²) >= 11 is 0. The van der Waals surface area contributed by atoms with E-state index < -0.39 is 0 Å². The Balaban J connectivity index is 1.90. The Kier molecular flexibility index (Phi) is 6.39. The van der Waals surface area contributed by atoms with Gasteiger partial charge in [0.25, 0.3) is 0 Å². The van der Waals surface area contributed by atoms with Crippen molar-refractivity contribution in [1.82, 2.24) is 0 Å². The van der Waals surface area contributed by atoms with Gasteiger partial charge in [0, 0.05) is 12.0 Å². The van der Waals surface area contributed by atoms with Crippen molar-refractivity contribution in [2.24, 2.45) is 0 Å². The minimum absolute atomic E-state index is 0.313. The molecular weight excluding hydrogens is 276 g/mol. The molecule has 0 aromatic heterocycles. The largest absolute Gasteiger partial charge is 0.466 e. The average Bonchev–Trinajstić information content (AvgIpc) is 2.58. The number of carbonyl (C=O) groups excluding carboxylic acids is 1. The highest BCUT2D eigenvalue weighted by Crippen LogP contribution is 2.12. The van der Waals surface area contributed by atoms with Gasteiger partial charge in [-0.15, -0.1) is 0 Å². The van der Waals surface area contributed by atoms with Crippen molar-refractivity contribution in [3.63, 3.8) is 0 Å². The highest BCUT2D eigenvalue weighted by atomic mass is 16.5. The predicted octanol–water partition coefficient (Wildman–Crippen LogP) is 3.85. The summed E-state index contributed by atoms with van der Waals surface area (Å²) in [5, 5.41) is 0. The zero-order valence-electron chi connectivity index (χ0n) is 12.7. The normalized spacial score (nSPS) is 11.2. The summed E-state index contributed by atoms with van der Waals surface area (Å²) in [5.41, 5.74) is 2.71. The van der Waals surface area contributed by atoms with E-state index in [0.717, 1.165) is 11.1 Å². The van der Waals surface area contributed by atoms with Crippen LogP contribution in [0.2, 0.25) is 0 Å². The minimum Gasteiger partial charge on any atom is -0.466 e. The molecule has 0 atom stereocenters. The first-order valence-electron chi connectivity index (χ1n) is 7.25. The van der Waals surface area contributed by atoms with Gasteiger partial charge < -0.3 is 9.47 Å². The van der Waals surface area contributed by atoms with Crippen LogP contribution >= 0.6 is 0 Å². The van der Waals surface area contributed by atoms with E-state index in [9.17, 15) is 4.79 Å². The first kappa shape index (κ1) is 16.0. The molecule has 22 heavy (non-hydrogen) atoms. The van der Waals surface area contributed by atoms with Crippen LogP contribution in [-0.4, -0.2) is 19.7 Å². The van der Waals surface area contributed by atoms with E-state index in [0.29, 0.717) is 25.2 Å². The maximum atomic E-state index is 11.8. The molecule has 0 N–H and O–H groups in total. The second-order valence-electron chi connectivity index (χ2n) is 4.86. The fourth-order valence-corrected chi connectivity index (χ4v) is 2.06. The molecule has 0 bridgehead atoms. The second kappa shape index (κ2) is 8.80. The SMILES string of the molecule is COC(=O)/C(=C/c1ccccc1)CCOCc1ccccc1. The fourth-order valence-electron chi connectivity index (χ4n) is 2.06. The van der Waals surface area contributed by atoms with E-state index in [1.165, 1.54) is 7.11 Å². The first-order valence-corrected chi connectivity index (χ1v) is 7.25. The van der Waals surface area contributed by atoms with Crippen LogP contribution in [0.15, 0.2) is 66.2 Å². The number of esters is 1. The lowest BCUT2D eigenvalue weighted by molar-refractivity contribution is -0.136. The van der Waals surface area contributed by atoms with Crippen molar-refractivity contribution in [1.29, 1.82) is 0 Å². The number of hydrogen-bond acceptors (Lipinski definition) is 3. The van der Waals surface area contributed by atoms with E-state index in [2.05, 4.69) is 0 Å². The van der Waals surface area contributed by atoms with Gasteiger partial charge in [-0.1, -0.05) is 60.7 Å². The molecule has 0 aliphatic heterocycles. The quantitative estimate of drug-likeness (QED) is 0.442. The molecular formula is C19H20O3. The van der Waals surface area contributed by atoms with Crippen LogP contribution in [0.1, 0.15) is 17.5 Å². The van der Waals surface area contributed by atoms with Crippen LogP contribution in [0, 0.1) is 0 Å². The molecule has 3 nitrogen and oxygen atoms in total. The van der Waals surface area contributed by atoms with Crippen LogP contribution in [0.25, 0.3) is 6.08 Å². The van der Waals surface area contributed by atoms with Gasteiger partial charge in [0.1, 0.15) is 0 Å². The number of benzene rings is 2. The van der Waals surface area contributed by atoms with Crippen molar-refractivity contribution < 1.29 is 14.3 Å². The Labute approximate surface area is 131 Å². The molecule has 2 rings (SSSR count). The zero-order chi connectivity index (χ0) is 15.6. The summed E-state index contributed by atoms with van der Waals surface area (Å²) in [7, 11) is 1.39. The average molecular weight is 296 g/mol. The second-order valence-corrected chi connectivity index (χ2v) is 4.86. The Morgan fingerprint density at radius 3 is 2.27 bits per heavy atom. The molecule has 0 amide bonds. The summed E-state index contributed by atoms with van der Waals surface area (Å²) in [6.45, 7) is 1.02. The Morgan fingerprint density at radius 2 is 1.64 bits per heavy atom. The van der Waals surface area contributed by atoms with Gasteiger partial charge in [-0.2, -0.15) is 0 Å². The van der Waals surface area contributed by atoms with Crippen molar-refractivity contribution in [3.05, 3.63) is 77.4 Å². The first-order chi connectivity index (χ1) is 10.8. The molecule has 0 aliphatic carbocycles. The zero-order valence-corrected chi connectivity index (χ0v) is 12.7. The highest BCUT2D eigenvalue weighted by Gasteiger charge is 2.09. The van der Waals surface area contributed by atoms with Gasteiger partial charge in [-0.05, 0) is 17.2 Å². The van der Waals surface area contributed by atoms with Gasteiger partial charge in [0.15, 0.2) is 0 Å². The van der Waals surface area contributed by atoms with E-state index in [-0.39, 0.29) is 5.97 Å². The molecule has 0 spiro atoms. The van der Waals surface area contributed by atoms with Gasteiger partial charge in [0.2, 0.25) is 0 Å². The number of ether oxygens (including phenoxy) is 2. The van der Waals surface area contributed by atoms with Crippen LogP contribution in [0.4, 0.5) is 0 Å². The maximum absolute atomic E-state index is 11.8. The van der Waals surface area contributed by atoms with Crippen LogP contribution < -0.4 is 0 Å². The lowest BCUT2D eigenvalue weighted by atomic mass is 10.1. The van der Waals surface area contributed by atoms with E-state index in [1.807, 2.05) is 66.7 Å². The van der Waals surface area contributed by atoms with Crippen molar-refractivity contribution in [3.8, 4) is 0 Å². The Bertz CT molecular complexity index is 603. The molecule has 0 unspecified atom stereocenters. The topological polar surface area (TPSA) is 35.5 Å². The van der Waals surface area contributed by atoms with Gasteiger partial charge in [0.05, 0.1) is 20.3 Å². The summed E-state index contributed by atoms with van der Waals surface area (Å²) in [4.78, 5) is 11.8. The highest BCUT2D eigenvalue weighted by molar-refractivity contribution is 5.93. The predicted molar refractivity (Wildman–Crippen MR) is 87.2 cm³/mol. The minimum atomic E-state index is -0.313. The molecule has 3 heteroatoms. The monoisotopic (exact) mass is 296 g/mol. The standard InChI is InChI=1S/C19H20O3/c1-21-19(20)18(14-16-8-4-2-5-9-16)12-13-22-15-17-10-6-3-7-11-17/h2-11,14H,12-13,15H2,1H3/b18-14+. The van der Waals surface area contributed by atoms with Crippen LogP contribution in [0.5, 0.6) is 0 Å². The Morgan fingerprint density at radius 1 is 1.00 bits per heavy atom. The van der Waals surface area contributed by atoms with Crippen molar-refractivity contribution >= 4 is 12.0 Å². The molecule has 2 aromatic carbocycles. The van der Waals surface area contributed by atoms with E-state index >= 15 is 0 Å². The molecule has 2 aromatic rings. The summed E-state index contributed by atoms with van der Waals surface area (Å²) in [5.74, 6) is -0.313. The summed E-state index contributed by atoms with van der Waals surface area (Å²) in [6.07, 6.45) is 2.37. The molecule has 0 fully saturated rings. The maximum Gasteiger partial charge on any atom is 0.333 e. The summed E-state index contributed by atoms with van der Waals surface area (Å²) < 4.78 is 10.5. The number of methoxy groups -OCH3 is 1. The van der Waals surface area contributed by atoms with Gasteiger partial charge >= 0.3 is 5.97 Å². The third kappa shape index (κ3) is 5.19. The van der Waals surface area contributed by atoms with E-state index in [1.54, 1.807) is 0 Å². The third-order valence-electron chi connectivity index (χ3n) is 3.22. The summed E-state index contributed by atoms with van der Waals surface area (Å²) in [6, 6.07) is 19.7. The molecule has 114 valence electrons. The molecule has 0 radical (unpaired) electrons. The number of carbonyl (C=O) groups is 1. The van der Waals surface area contributed by atoms with Crippen molar-refractivity contribution in [2.75, 3.05) is 13.7 Å². The van der Waals surface area contributed by atoms with Crippen molar-refractivity contribution in [2.45, 2.75) is 13.0 Å². The van der Waals surface area contributed by atoms with Gasteiger partial charge in [-0.3, -0.25) is 0 Å². The molecule has 0 saturated carbocycles. The van der Waals surface area contributed by atoms with Crippen LogP contribution in [0.3, 0.4) is 0 Å². The fraction of sp³-hybridized carbons (Fsp3) is 0.211. The van der Waals surface area contributed by atoms with E-state index in [4.69, 9.17) is 9.47 Å². The number of rotatable bonds is 7. The molecule has 0 heterocycles. The van der Waals surface area contributed by atoms with Crippen LogP contribution in [-0.2, 0) is 20.9 Å². The Hall–Kier alpha value is -2.39. The molecule has 0 aliphatic rings. The third-order valence-corrected chi connectivity index (χ3v) is 3.22. The molecule has 0 saturated heterocycles.